The molecule has 1 amide bonds. The number of carbonyl (C=O) groups is 1. The van der Waals surface area contributed by atoms with E-state index in [1.807, 2.05) is 0 Å². The number of rotatable bonds is 6. The molecule has 0 saturated heterocycles. The van der Waals surface area contributed by atoms with Gasteiger partial charge in [0, 0.05) is 12.1 Å². The predicted octanol–water partition coefficient (Wildman–Crippen LogP) is 2.54. The van der Waals surface area contributed by atoms with Crippen molar-refractivity contribution < 1.29 is 13.9 Å². The second-order valence-electron chi connectivity index (χ2n) is 4.67. The number of hydrogen-bond acceptors (Lipinski definition) is 2. The number of halogens is 1. The lowest BCUT2D eigenvalue weighted by Gasteiger charge is -2.10. The summed E-state index contributed by atoms with van der Waals surface area (Å²) in [6.07, 6.45) is 1.07. The summed E-state index contributed by atoms with van der Waals surface area (Å²) in [5.41, 5.74) is 0.569. The minimum Gasteiger partial charge on any atom is -0.496 e. The van der Waals surface area contributed by atoms with Gasteiger partial charge in [-0.15, -0.1) is 0 Å². The molecule has 0 aromatic heterocycles. The van der Waals surface area contributed by atoms with Crippen LogP contribution < -0.4 is 10.1 Å². The standard InChI is InChI=1S/C14H20FNO2/c1-10(2)6-7-16-14(17)9-11-8-12(15)4-5-13(11)18-3/h4-5,8,10H,6-7,9H2,1-3H3,(H,16,17). The monoisotopic (exact) mass is 253 g/mol. The van der Waals surface area contributed by atoms with E-state index in [9.17, 15) is 9.18 Å². The molecule has 0 aliphatic carbocycles. The summed E-state index contributed by atoms with van der Waals surface area (Å²) in [4.78, 5) is 11.7. The van der Waals surface area contributed by atoms with E-state index in [4.69, 9.17) is 4.74 Å². The average Bonchev–Trinajstić information content (AvgIpc) is 2.28. The van der Waals surface area contributed by atoms with E-state index < -0.39 is 0 Å². The van der Waals surface area contributed by atoms with Gasteiger partial charge in [-0.2, -0.15) is 0 Å². The normalized spacial score (nSPS) is 10.5. The van der Waals surface area contributed by atoms with E-state index in [0.29, 0.717) is 23.8 Å². The molecule has 0 heterocycles. The minimum atomic E-state index is -0.360. The van der Waals surface area contributed by atoms with Gasteiger partial charge in [-0.3, -0.25) is 4.79 Å². The van der Waals surface area contributed by atoms with Gasteiger partial charge in [-0.1, -0.05) is 13.8 Å². The van der Waals surface area contributed by atoms with Crippen LogP contribution >= 0.6 is 0 Å². The quantitative estimate of drug-likeness (QED) is 0.846. The summed E-state index contributed by atoms with van der Waals surface area (Å²) in [6, 6.07) is 4.19. The summed E-state index contributed by atoms with van der Waals surface area (Å²) in [5.74, 6) is 0.616. The SMILES string of the molecule is COc1ccc(F)cc1CC(=O)NCCC(C)C. The molecule has 0 aliphatic rings. The Hall–Kier alpha value is -1.58. The van der Waals surface area contributed by atoms with Crippen molar-refractivity contribution in [3.8, 4) is 5.75 Å². The van der Waals surface area contributed by atoms with Gasteiger partial charge < -0.3 is 10.1 Å². The molecule has 0 bridgehead atoms. The number of benzene rings is 1. The van der Waals surface area contributed by atoms with Gasteiger partial charge >= 0.3 is 0 Å². The third-order valence-corrected chi connectivity index (χ3v) is 2.64. The summed E-state index contributed by atoms with van der Waals surface area (Å²) >= 11 is 0. The second-order valence-corrected chi connectivity index (χ2v) is 4.67. The first-order valence-corrected chi connectivity index (χ1v) is 6.12. The van der Waals surface area contributed by atoms with Crippen molar-refractivity contribution in [3.05, 3.63) is 29.6 Å². The lowest BCUT2D eigenvalue weighted by molar-refractivity contribution is -0.120. The van der Waals surface area contributed by atoms with Crippen LogP contribution in [0.5, 0.6) is 5.75 Å². The van der Waals surface area contributed by atoms with Gasteiger partial charge in [0.15, 0.2) is 0 Å². The van der Waals surface area contributed by atoms with Crippen LogP contribution in [-0.4, -0.2) is 19.6 Å². The zero-order chi connectivity index (χ0) is 13.5. The molecule has 1 rings (SSSR count). The molecule has 1 aromatic carbocycles. The van der Waals surface area contributed by atoms with Crippen LogP contribution in [0.3, 0.4) is 0 Å². The van der Waals surface area contributed by atoms with E-state index >= 15 is 0 Å². The van der Waals surface area contributed by atoms with E-state index in [0.717, 1.165) is 6.42 Å². The molecule has 0 unspecified atom stereocenters. The Morgan fingerprint density at radius 3 is 2.78 bits per heavy atom. The number of hydrogen-bond donors (Lipinski definition) is 1. The van der Waals surface area contributed by atoms with Crippen molar-refractivity contribution in [1.29, 1.82) is 0 Å². The minimum absolute atomic E-state index is 0.112. The average molecular weight is 253 g/mol. The van der Waals surface area contributed by atoms with E-state index in [2.05, 4.69) is 19.2 Å². The third-order valence-electron chi connectivity index (χ3n) is 2.64. The Morgan fingerprint density at radius 2 is 2.17 bits per heavy atom. The maximum absolute atomic E-state index is 13.1. The number of methoxy groups -OCH3 is 1. The lowest BCUT2D eigenvalue weighted by Crippen LogP contribution is -2.27. The molecular weight excluding hydrogens is 233 g/mol. The van der Waals surface area contributed by atoms with E-state index in [1.54, 1.807) is 0 Å². The van der Waals surface area contributed by atoms with Gasteiger partial charge in [0.1, 0.15) is 11.6 Å². The summed E-state index contributed by atoms with van der Waals surface area (Å²) in [7, 11) is 1.51. The van der Waals surface area contributed by atoms with Crippen molar-refractivity contribution in [3.63, 3.8) is 0 Å². The van der Waals surface area contributed by atoms with Crippen molar-refractivity contribution in [1.82, 2.24) is 5.32 Å². The topological polar surface area (TPSA) is 38.3 Å². The fourth-order valence-electron chi connectivity index (χ4n) is 1.62. The lowest BCUT2D eigenvalue weighted by atomic mass is 10.1. The number of carbonyl (C=O) groups excluding carboxylic acids is 1. The van der Waals surface area contributed by atoms with E-state index in [-0.39, 0.29) is 18.1 Å². The molecule has 0 fully saturated rings. The Labute approximate surface area is 107 Å². The molecule has 0 radical (unpaired) electrons. The molecule has 0 saturated carbocycles. The molecule has 4 heteroatoms. The summed E-state index contributed by atoms with van der Waals surface area (Å²) in [5, 5.41) is 2.82. The highest BCUT2D eigenvalue weighted by Gasteiger charge is 2.09. The van der Waals surface area contributed by atoms with Gasteiger partial charge in [0.05, 0.1) is 13.5 Å². The van der Waals surface area contributed by atoms with Crippen LogP contribution in [-0.2, 0) is 11.2 Å². The van der Waals surface area contributed by atoms with Crippen molar-refractivity contribution in [2.45, 2.75) is 26.7 Å². The van der Waals surface area contributed by atoms with Crippen LogP contribution in [0.25, 0.3) is 0 Å². The molecule has 3 nitrogen and oxygen atoms in total. The number of ether oxygens (including phenoxy) is 1. The Kier molecular flexibility index (Phi) is 5.62. The molecular formula is C14H20FNO2. The Morgan fingerprint density at radius 1 is 1.44 bits per heavy atom. The van der Waals surface area contributed by atoms with Crippen LogP contribution in [0.2, 0.25) is 0 Å². The zero-order valence-corrected chi connectivity index (χ0v) is 11.1. The van der Waals surface area contributed by atoms with Crippen molar-refractivity contribution in [2.24, 2.45) is 5.92 Å². The van der Waals surface area contributed by atoms with E-state index in [1.165, 1.54) is 25.3 Å². The first kappa shape index (κ1) is 14.5. The number of amides is 1. The first-order valence-electron chi connectivity index (χ1n) is 6.12. The maximum Gasteiger partial charge on any atom is 0.224 e. The summed E-state index contributed by atoms with van der Waals surface area (Å²) < 4.78 is 18.2. The number of nitrogens with one attached hydrogen (secondary N) is 1. The van der Waals surface area contributed by atoms with Gasteiger partial charge in [0.2, 0.25) is 5.91 Å². The molecule has 100 valence electrons. The highest BCUT2D eigenvalue weighted by atomic mass is 19.1. The molecule has 0 spiro atoms. The smallest absolute Gasteiger partial charge is 0.224 e. The van der Waals surface area contributed by atoms with Crippen LogP contribution in [0.1, 0.15) is 25.8 Å². The predicted molar refractivity (Wildman–Crippen MR) is 69.1 cm³/mol. The van der Waals surface area contributed by atoms with Gasteiger partial charge in [0.25, 0.3) is 0 Å². The molecule has 1 N–H and O–H groups in total. The van der Waals surface area contributed by atoms with Gasteiger partial charge in [-0.25, -0.2) is 4.39 Å². The molecule has 0 atom stereocenters. The highest BCUT2D eigenvalue weighted by Crippen LogP contribution is 2.19. The molecule has 0 aliphatic heterocycles. The Bertz CT molecular complexity index is 405. The van der Waals surface area contributed by atoms with Crippen LogP contribution in [0.15, 0.2) is 18.2 Å². The van der Waals surface area contributed by atoms with Gasteiger partial charge in [-0.05, 0) is 30.5 Å². The van der Waals surface area contributed by atoms with Crippen molar-refractivity contribution in [2.75, 3.05) is 13.7 Å². The van der Waals surface area contributed by atoms with Crippen LogP contribution in [0, 0.1) is 11.7 Å². The largest absolute Gasteiger partial charge is 0.496 e. The third kappa shape index (κ3) is 4.73. The maximum atomic E-state index is 13.1. The van der Waals surface area contributed by atoms with Crippen molar-refractivity contribution >= 4 is 5.91 Å². The molecule has 1 aromatic rings. The first-order chi connectivity index (χ1) is 8.52. The zero-order valence-electron chi connectivity index (χ0n) is 11.1. The highest BCUT2D eigenvalue weighted by molar-refractivity contribution is 5.79. The fourth-order valence-corrected chi connectivity index (χ4v) is 1.62. The van der Waals surface area contributed by atoms with Crippen LogP contribution in [0.4, 0.5) is 4.39 Å². The second kappa shape index (κ2) is 6.99. The summed E-state index contributed by atoms with van der Waals surface area (Å²) in [6.45, 7) is 4.84. The Balaban J connectivity index is 2.55. The fraction of sp³-hybridized carbons (Fsp3) is 0.500. The molecule has 18 heavy (non-hydrogen) atoms.